The molecule has 3 heteroatoms. The summed E-state index contributed by atoms with van der Waals surface area (Å²) in [6.45, 7) is 2.75. The molecule has 2 fully saturated rings. The van der Waals surface area contributed by atoms with Gasteiger partial charge in [0.25, 0.3) is 0 Å². The molecule has 0 amide bonds. The molecular weight excluding hydrogens is 208 g/mol. The van der Waals surface area contributed by atoms with Gasteiger partial charge in [0, 0.05) is 17.4 Å². The highest BCUT2D eigenvalue weighted by molar-refractivity contribution is 9.09. The molecule has 0 saturated carbocycles. The molecule has 0 aromatic rings. The van der Waals surface area contributed by atoms with E-state index in [0.29, 0.717) is 11.5 Å². The third-order valence-corrected chi connectivity index (χ3v) is 3.37. The van der Waals surface area contributed by atoms with E-state index >= 15 is 0 Å². The average molecular weight is 221 g/mol. The first-order chi connectivity index (χ1) is 5.35. The molecule has 2 heterocycles. The zero-order chi connectivity index (χ0) is 7.73. The first kappa shape index (κ1) is 8.02. The summed E-state index contributed by atoms with van der Waals surface area (Å²) in [5.74, 6) is 0. The fourth-order valence-corrected chi connectivity index (χ4v) is 2.33. The molecule has 1 spiro atoms. The Morgan fingerprint density at radius 1 is 1.45 bits per heavy atom. The van der Waals surface area contributed by atoms with Crippen molar-refractivity contribution in [3.8, 4) is 0 Å². The lowest BCUT2D eigenvalue weighted by Crippen LogP contribution is -2.21. The van der Waals surface area contributed by atoms with Crippen LogP contribution in [0, 0.1) is 5.41 Å². The molecule has 0 bridgehead atoms. The summed E-state index contributed by atoms with van der Waals surface area (Å²) in [4.78, 5) is 0. The van der Waals surface area contributed by atoms with Crippen LogP contribution in [-0.4, -0.2) is 31.3 Å². The number of alkyl halides is 1. The predicted molar refractivity (Wildman–Crippen MR) is 46.0 cm³/mol. The van der Waals surface area contributed by atoms with Crippen LogP contribution in [0.3, 0.4) is 0 Å². The third kappa shape index (κ3) is 1.46. The van der Waals surface area contributed by atoms with Crippen LogP contribution in [0.5, 0.6) is 0 Å². The van der Waals surface area contributed by atoms with Gasteiger partial charge in [-0.1, -0.05) is 15.9 Å². The summed E-state index contributed by atoms with van der Waals surface area (Å²) in [6.07, 6.45) is 2.80. The molecule has 2 nitrogen and oxygen atoms in total. The Labute approximate surface area is 75.4 Å². The van der Waals surface area contributed by atoms with Crippen LogP contribution in [-0.2, 0) is 9.47 Å². The molecule has 2 saturated heterocycles. The normalized spacial score (nSPS) is 43.9. The molecule has 64 valence electrons. The summed E-state index contributed by atoms with van der Waals surface area (Å²) < 4.78 is 11.0. The van der Waals surface area contributed by atoms with Crippen molar-refractivity contribution < 1.29 is 9.47 Å². The zero-order valence-corrected chi connectivity index (χ0v) is 8.10. The topological polar surface area (TPSA) is 18.5 Å². The standard InChI is InChI=1S/C8H13BrO2/c9-4-7-3-8(6-11-7)1-2-10-5-8/h7H,1-6H2. The van der Waals surface area contributed by atoms with Gasteiger partial charge in [0.2, 0.25) is 0 Å². The second-order valence-corrected chi connectivity index (χ2v) is 4.24. The highest BCUT2D eigenvalue weighted by atomic mass is 79.9. The van der Waals surface area contributed by atoms with Gasteiger partial charge in [0.05, 0.1) is 19.3 Å². The van der Waals surface area contributed by atoms with E-state index in [-0.39, 0.29) is 0 Å². The van der Waals surface area contributed by atoms with Gasteiger partial charge < -0.3 is 9.47 Å². The molecule has 2 aliphatic heterocycles. The van der Waals surface area contributed by atoms with Gasteiger partial charge in [-0.3, -0.25) is 0 Å². The number of hydrogen-bond acceptors (Lipinski definition) is 2. The Balaban J connectivity index is 1.96. The van der Waals surface area contributed by atoms with Crippen molar-refractivity contribution in [3.05, 3.63) is 0 Å². The number of ether oxygens (including phenoxy) is 2. The van der Waals surface area contributed by atoms with E-state index < -0.39 is 0 Å². The van der Waals surface area contributed by atoms with Crippen LogP contribution in [0.2, 0.25) is 0 Å². The highest BCUT2D eigenvalue weighted by Crippen LogP contribution is 2.40. The van der Waals surface area contributed by atoms with Crippen molar-refractivity contribution in [3.63, 3.8) is 0 Å². The Hall–Kier alpha value is 0.400. The van der Waals surface area contributed by atoms with E-state index in [9.17, 15) is 0 Å². The van der Waals surface area contributed by atoms with Crippen LogP contribution in [0.25, 0.3) is 0 Å². The molecule has 0 aliphatic carbocycles. The Bertz CT molecular complexity index is 143. The largest absolute Gasteiger partial charge is 0.381 e. The summed E-state index contributed by atoms with van der Waals surface area (Å²) >= 11 is 3.44. The Kier molecular flexibility index (Phi) is 2.21. The molecule has 0 radical (unpaired) electrons. The maximum Gasteiger partial charge on any atom is 0.0679 e. The fraction of sp³-hybridized carbons (Fsp3) is 1.00. The van der Waals surface area contributed by atoms with E-state index in [1.165, 1.54) is 12.8 Å². The quantitative estimate of drug-likeness (QED) is 0.626. The zero-order valence-electron chi connectivity index (χ0n) is 6.51. The molecule has 0 N–H and O–H groups in total. The van der Waals surface area contributed by atoms with Crippen molar-refractivity contribution in [2.24, 2.45) is 5.41 Å². The lowest BCUT2D eigenvalue weighted by molar-refractivity contribution is 0.0987. The van der Waals surface area contributed by atoms with Gasteiger partial charge in [0.1, 0.15) is 0 Å². The van der Waals surface area contributed by atoms with Gasteiger partial charge in [-0.05, 0) is 12.8 Å². The second kappa shape index (κ2) is 3.04. The minimum atomic E-state index is 0.387. The summed E-state index contributed by atoms with van der Waals surface area (Å²) in [5, 5.41) is 0.967. The average Bonchev–Trinajstić information content (AvgIpc) is 2.62. The second-order valence-electron chi connectivity index (χ2n) is 3.59. The molecular formula is C8H13BrO2. The van der Waals surface area contributed by atoms with E-state index in [2.05, 4.69) is 15.9 Å². The first-order valence-corrected chi connectivity index (χ1v) is 5.22. The summed E-state index contributed by atoms with van der Waals surface area (Å²) in [6, 6.07) is 0. The number of hydrogen-bond donors (Lipinski definition) is 0. The van der Waals surface area contributed by atoms with Crippen molar-refractivity contribution in [2.75, 3.05) is 25.2 Å². The smallest absolute Gasteiger partial charge is 0.0679 e. The molecule has 2 unspecified atom stereocenters. The fourth-order valence-electron chi connectivity index (χ4n) is 1.92. The Morgan fingerprint density at radius 3 is 2.91 bits per heavy atom. The molecule has 0 aromatic carbocycles. The van der Waals surface area contributed by atoms with Gasteiger partial charge >= 0.3 is 0 Å². The predicted octanol–water partition coefficient (Wildman–Crippen LogP) is 1.58. The Morgan fingerprint density at radius 2 is 2.36 bits per heavy atom. The maximum atomic E-state index is 5.61. The van der Waals surface area contributed by atoms with E-state index in [0.717, 1.165) is 25.2 Å². The van der Waals surface area contributed by atoms with Crippen LogP contribution >= 0.6 is 15.9 Å². The first-order valence-electron chi connectivity index (χ1n) is 4.10. The summed E-state index contributed by atoms with van der Waals surface area (Å²) in [5.41, 5.74) is 0.387. The van der Waals surface area contributed by atoms with Gasteiger partial charge in [-0.2, -0.15) is 0 Å². The van der Waals surface area contributed by atoms with E-state index in [1.54, 1.807) is 0 Å². The third-order valence-electron chi connectivity index (χ3n) is 2.64. The maximum absolute atomic E-state index is 5.61. The van der Waals surface area contributed by atoms with Gasteiger partial charge in [-0.15, -0.1) is 0 Å². The monoisotopic (exact) mass is 220 g/mol. The lowest BCUT2D eigenvalue weighted by Gasteiger charge is -2.17. The van der Waals surface area contributed by atoms with Crippen molar-refractivity contribution in [2.45, 2.75) is 18.9 Å². The van der Waals surface area contributed by atoms with Crippen LogP contribution in [0.15, 0.2) is 0 Å². The number of halogens is 1. The summed E-state index contributed by atoms with van der Waals surface area (Å²) in [7, 11) is 0. The van der Waals surface area contributed by atoms with Crippen LogP contribution < -0.4 is 0 Å². The number of rotatable bonds is 1. The molecule has 11 heavy (non-hydrogen) atoms. The van der Waals surface area contributed by atoms with Crippen molar-refractivity contribution >= 4 is 15.9 Å². The van der Waals surface area contributed by atoms with Crippen LogP contribution in [0.4, 0.5) is 0 Å². The minimum Gasteiger partial charge on any atom is -0.381 e. The minimum absolute atomic E-state index is 0.387. The molecule has 2 rings (SSSR count). The molecule has 0 aromatic heterocycles. The van der Waals surface area contributed by atoms with Gasteiger partial charge in [-0.25, -0.2) is 0 Å². The van der Waals surface area contributed by atoms with Crippen molar-refractivity contribution in [1.82, 2.24) is 0 Å². The SMILES string of the molecule is BrCC1CC2(CCOC2)CO1. The lowest BCUT2D eigenvalue weighted by atomic mass is 9.85. The molecule has 2 aliphatic rings. The van der Waals surface area contributed by atoms with Crippen LogP contribution in [0.1, 0.15) is 12.8 Å². The van der Waals surface area contributed by atoms with E-state index in [4.69, 9.17) is 9.47 Å². The van der Waals surface area contributed by atoms with E-state index in [1.807, 2.05) is 0 Å². The van der Waals surface area contributed by atoms with Crippen molar-refractivity contribution in [1.29, 1.82) is 0 Å². The highest BCUT2D eigenvalue weighted by Gasteiger charge is 2.42. The van der Waals surface area contributed by atoms with Gasteiger partial charge in [0.15, 0.2) is 0 Å². The molecule has 2 atom stereocenters.